The van der Waals surface area contributed by atoms with Gasteiger partial charge in [0.1, 0.15) is 6.04 Å². The molecular weight excluding hydrogens is 452 g/mol. The number of nitrogens with zero attached hydrogens (tertiary/aromatic N) is 1. The molecule has 1 fully saturated rings. The van der Waals surface area contributed by atoms with Crippen LogP contribution in [0.1, 0.15) is 63.4 Å². The zero-order valence-corrected chi connectivity index (χ0v) is 21.8. The Kier molecular flexibility index (Phi) is 11.7. The predicted octanol–water partition coefficient (Wildman–Crippen LogP) is 3.13. The molecular formula is C29H44N4O3. The molecule has 0 radical (unpaired) electrons. The average Bonchev–Trinajstić information content (AvgIpc) is 2.86. The minimum absolute atomic E-state index is 0.0611. The summed E-state index contributed by atoms with van der Waals surface area (Å²) in [7, 11) is 2.17. The molecule has 1 aliphatic rings. The Hall–Kier alpha value is -2.48. The fourth-order valence-corrected chi connectivity index (χ4v) is 5.05. The minimum Gasteiger partial charge on any atom is -0.390 e. The van der Waals surface area contributed by atoms with Crippen LogP contribution < -0.4 is 16.4 Å². The summed E-state index contributed by atoms with van der Waals surface area (Å²) in [4.78, 5) is 28.2. The number of nitrogens with one attached hydrogen (secondary N) is 2. The van der Waals surface area contributed by atoms with Crippen molar-refractivity contribution in [2.24, 2.45) is 5.73 Å². The van der Waals surface area contributed by atoms with Crippen LogP contribution in [0.2, 0.25) is 0 Å². The molecule has 0 spiro atoms. The van der Waals surface area contributed by atoms with E-state index in [-0.39, 0.29) is 24.9 Å². The number of nitrogens with two attached hydrogens (primary N) is 1. The highest BCUT2D eigenvalue weighted by Gasteiger charge is 2.22. The lowest BCUT2D eigenvalue weighted by atomic mass is 9.96. The van der Waals surface area contributed by atoms with E-state index in [0.29, 0.717) is 18.9 Å². The van der Waals surface area contributed by atoms with E-state index in [2.05, 4.69) is 28.6 Å². The second-order valence-corrected chi connectivity index (χ2v) is 10.2. The van der Waals surface area contributed by atoms with Crippen LogP contribution in [-0.2, 0) is 16.0 Å². The maximum absolute atomic E-state index is 12.9. The van der Waals surface area contributed by atoms with Gasteiger partial charge in [0.15, 0.2) is 0 Å². The highest BCUT2D eigenvalue weighted by Crippen LogP contribution is 2.21. The van der Waals surface area contributed by atoms with Crippen molar-refractivity contribution in [3.8, 4) is 0 Å². The Bertz CT molecular complexity index is 958. The number of carbonyl (C=O) groups is 2. The monoisotopic (exact) mass is 496 g/mol. The van der Waals surface area contributed by atoms with Gasteiger partial charge in [-0.3, -0.25) is 9.59 Å². The number of hydrogen-bond acceptors (Lipinski definition) is 5. The molecule has 1 unspecified atom stereocenters. The molecule has 2 amide bonds. The first kappa shape index (κ1) is 28.1. The van der Waals surface area contributed by atoms with E-state index in [1.165, 1.54) is 44.9 Å². The van der Waals surface area contributed by atoms with Crippen LogP contribution in [-0.4, -0.2) is 66.7 Å². The SMILES string of the molecule is CN(CCCC(=O)N[C@H](Cc1ccc2ccccc2c1)C(=O)NCC(O)CN)C1CCCCCCC1. The van der Waals surface area contributed by atoms with E-state index >= 15 is 0 Å². The number of aliphatic hydroxyl groups excluding tert-OH is 1. The molecule has 5 N–H and O–H groups in total. The maximum Gasteiger partial charge on any atom is 0.243 e. The van der Waals surface area contributed by atoms with Crippen molar-refractivity contribution >= 4 is 22.6 Å². The van der Waals surface area contributed by atoms with Crippen LogP contribution in [0.25, 0.3) is 10.8 Å². The zero-order valence-electron chi connectivity index (χ0n) is 21.8. The van der Waals surface area contributed by atoms with Crippen LogP contribution in [0, 0.1) is 0 Å². The third-order valence-corrected chi connectivity index (χ3v) is 7.30. The molecule has 7 nitrogen and oxygen atoms in total. The van der Waals surface area contributed by atoms with E-state index in [4.69, 9.17) is 5.73 Å². The van der Waals surface area contributed by atoms with Gasteiger partial charge in [0, 0.05) is 32.0 Å². The molecule has 2 aromatic carbocycles. The number of rotatable bonds is 12. The quantitative estimate of drug-likeness (QED) is 0.361. The Morgan fingerprint density at radius 2 is 1.75 bits per heavy atom. The first-order valence-electron chi connectivity index (χ1n) is 13.6. The Balaban J connectivity index is 1.56. The summed E-state index contributed by atoms with van der Waals surface area (Å²) in [6.07, 6.45) is 9.79. The van der Waals surface area contributed by atoms with Crippen LogP contribution >= 0.6 is 0 Å². The van der Waals surface area contributed by atoms with Gasteiger partial charge in [-0.25, -0.2) is 0 Å². The smallest absolute Gasteiger partial charge is 0.243 e. The van der Waals surface area contributed by atoms with Crippen molar-refractivity contribution in [3.05, 3.63) is 48.0 Å². The van der Waals surface area contributed by atoms with Crippen molar-refractivity contribution in [1.29, 1.82) is 0 Å². The molecule has 36 heavy (non-hydrogen) atoms. The van der Waals surface area contributed by atoms with Gasteiger partial charge in [0.2, 0.25) is 11.8 Å². The van der Waals surface area contributed by atoms with Gasteiger partial charge in [-0.1, -0.05) is 74.6 Å². The summed E-state index contributed by atoms with van der Waals surface area (Å²) >= 11 is 0. The van der Waals surface area contributed by atoms with Crippen LogP contribution in [0.4, 0.5) is 0 Å². The highest BCUT2D eigenvalue weighted by atomic mass is 16.3. The molecule has 1 aliphatic carbocycles. The third-order valence-electron chi connectivity index (χ3n) is 7.30. The van der Waals surface area contributed by atoms with Gasteiger partial charge < -0.3 is 26.4 Å². The number of fused-ring (bicyclic) bond motifs is 1. The molecule has 1 saturated carbocycles. The van der Waals surface area contributed by atoms with E-state index in [0.717, 1.165) is 29.3 Å². The van der Waals surface area contributed by atoms with Gasteiger partial charge in [0.25, 0.3) is 0 Å². The molecule has 0 saturated heterocycles. The van der Waals surface area contributed by atoms with Crippen molar-refractivity contribution < 1.29 is 14.7 Å². The fourth-order valence-electron chi connectivity index (χ4n) is 5.05. The average molecular weight is 497 g/mol. The number of amides is 2. The second kappa shape index (κ2) is 14.9. The lowest BCUT2D eigenvalue weighted by Gasteiger charge is -2.29. The third kappa shape index (κ3) is 9.19. The lowest BCUT2D eigenvalue weighted by Crippen LogP contribution is -2.50. The first-order chi connectivity index (χ1) is 17.5. The van der Waals surface area contributed by atoms with E-state index in [1.54, 1.807) is 0 Å². The Morgan fingerprint density at radius 3 is 2.47 bits per heavy atom. The summed E-state index contributed by atoms with van der Waals surface area (Å²) in [6.45, 7) is 1.00. The summed E-state index contributed by atoms with van der Waals surface area (Å²) in [5, 5.41) is 17.7. The van der Waals surface area contributed by atoms with E-state index < -0.39 is 12.1 Å². The Labute approximate surface area is 215 Å². The predicted molar refractivity (Wildman–Crippen MR) is 146 cm³/mol. The molecule has 0 aromatic heterocycles. The molecule has 198 valence electrons. The summed E-state index contributed by atoms with van der Waals surface area (Å²) in [5.41, 5.74) is 6.44. The number of carbonyl (C=O) groups excluding carboxylic acids is 2. The lowest BCUT2D eigenvalue weighted by molar-refractivity contribution is -0.129. The van der Waals surface area contributed by atoms with Crippen molar-refractivity contribution in [1.82, 2.24) is 15.5 Å². The molecule has 3 rings (SSSR count). The van der Waals surface area contributed by atoms with Crippen molar-refractivity contribution in [3.63, 3.8) is 0 Å². The normalized spacial score (nSPS) is 16.8. The molecule has 7 heteroatoms. The van der Waals surface area contributed by atoms with Gasteiger partial charge in [-0.05, 0) is 49.2 Å². The van der Waals surface area contributed by atoms with Gasteiger partial charge in [0.05, 0.1) is 6.10 Å². The zero-order chi connectivity index (χ0) is 25.8. The van der Waals surface area contributed by atoms with E-state index in [1.807, 2.05) is 36.4 Å². The molecule has 2 atom stereocenters. The van der Waals surface area contributed by atoms with Gasteiger partial charge in [-0.15, -0.1) is 0 Å². The summed E-state index contributed by atoms with van der Waals surface area (Å²) in [5.74, 6) is -0.433. The minimum atomic E-state index is -0.810. The van der Waals surface area contributed by atoms with Crippen LogP contribution in [0.3, 0.4) is 0 Å². The standard InChI is InChI=1S/C29H44N4O3/c1-33(25-12-5-3-2-4-6-13-25)17-9-14-28(35)32-27(29(36)31-21-26(34)20-30)19-22-15-16-23-10-7-8-11-24(23)18-22/h7-8,10-11,15-16,18,25-27,34H,2-6,9,12-14,17,19-21,30H2,1H3,(H,31,36)(H,32,35)/t26?,27-/m1/s1. The first-order valence-corrected chi connectivity index (χ1v) is 13.6. The maximum atomic E-state index is 12.9. The second-order valence-electron chi connectivity index (χ2n) is 10.2. The molecule has 0 aliphatic heterocycles. The summed E-state index contributed by atoms with van der Waals surface area (Å²) in [6, 6.07) is 14.0. The van der Waals surface area contributed by atoms with Crippen LogP contribution in [0.15, 0.2) is 42.5 Å². The van der Waals surface area contributed by atoms with Crippen molar-refractivity contribution in [2.45, 2.75) is 82.4 Å². The number of aliphatic hydroxyl groups is 1. The molecule has 0 heterocycles. The fraction of sp³-hybridized carbons (Fsp3) is 0.586. The largest absolute Gasteiger partial charge is 0.390 e. The highest BCUT2D eigenvalue weighted by molar-refractivity contribution is 5.88. The topological polar surface area (TPSA) is 108 Å². The van der Waals surface area contributed by atoms with Gasteiger partial charge in [-0.2, -0.15) is 0 Å². The molecule has 2 aromatic rings. The summed E-state index contributed by atoms with van der Waals surface area (Å²) < 4.78 is 0. The van der Waals surface area contributed by atoms with Crippen LogP contribution in [0.5, 0.6) is 0 Å². The molecule has 0 bridgehead atoms. The Morgan fingerprint density at radius 1 is 1.06 bits per heavy atom. The number of hydrogen-bond donors (Lipinski definition) is 4. The van der Waals surface area contributed by atoms with Gasteiger partial charge >= 0.3 is 0 Å². The number of benzene rings is 2. The van der Waals surface area contributed by atoms with E-state index in [9.17, 15) is 14.7 Å². The van der Waals surface area contributed by atoms with Crippen molar-refractivity contribution in [2.75, 3.05) is 26.7 Å².